The summed E-state index contributed by atoms with van der Waals surface area (Å²) in [5.41, 5.74) is 10.4. The van der Waals surface area contributed by atoms with Gasteiger partial charge in [0.15, 0.2) is 0 Å². The Hall–Kier alpha value is -1.30. The van der Waals surface area contributed by atoms with Crippen LogP contribution in [0.5, 0.6) is 0 Å². The molecule has 0 aromatic carbocycles. The van der Waals surface area contributed by atoms with E-state index in [1.54, 1.807) is 0 Å². The second kappa shape index (κ2) is 8.70. The van der Waals surface area contributed by atoms with E-state index in [2.05, 4.69) is 28.5 Å². The minimum atomic E-state index is -0.516. The molecule has 0 radical (unpaired) electrons. The molecule has 1 aliphatic carbocycles. The number of unbranched alkanes of at least 4 members (excludes halogenated alkanes) is 2. The number of pyridine rings is 1. The molecule has 0 bridgehead atoms. The topological polar surface area (TPSA) is 81.6 Å². The van der Waals surface area contributed by atoms with E-state index in [0.29, 0.717) is 0 Å². The largest absolute Gasteiger partial charge is 0.396 e. The number of hydrogen-bond acceptors (Lipinski definition) is 3. The lowest BCUT2D eigenvalue weighted by molar-refractivity contribution is -0.379. The van der Waals surface area contributed by atoms with Gasteiger partial charge in [-0.2, -0.15) is 10.1 Å². The summed E-state index contributed by atoms with van der Waals surface area (Å²) in [5.74, 6) is -0.516. The van der Waals surface area contributed by atoms with Crippen LogP contribution in [0.1, 0.15) is 55.9 Å². The van der Waals surface area contributed by atoms with Gasteiger partial charge in [-0.1, -0.05) is 49.0 Å². The average Bonchev–Trinajstić information content (AvgIpc) is 3.01. The van der Waals surface area contributed by atoms with E-state index < -0.39 is 5.91 Å². The normalized spacial score (nSPS) is 15.7. The number of rotatable bonds is 6. The molecular formula is C16H20Cl3N4O+. The monoisotopic (exact) mass is 389 g/mol. The molecule has 1 amide bonds. The number of nitrogen functional groups attached to an aromatic ring is 1. The minimum Gasteiger partial charge on any atom is -0.396 e. The Balaban J connectivity index is 2.09. The van der Waals surface area contributed by atoms with Gasteiger partial charge in [0.2, 0.25) is 0 Å². The van der Waals surface area contributed by atoms with Crippen LogP contribution in [0.2, 0.25) is 15.2 Å². The third-order valence-electron chi connectivity index (χ3n) is 3.83. The maximum absolute atomic E-state index is 12.3. The number of nitrogens with zero attached hydrogens (tertiary/aromatic N) is 1. The molecular weight excluding hydrogens is 371 g/mol. The SMILES string of the molecule is CCCCCC1=CCC/C1=N/NC(=O)c1[nH+]c(Cl)c(Cl)c(N)c1Cl. The summed E-state index contributed by atoms with van der Waals surface area (Å²) >= 11 is 17.8. The number of anilines is 1. The maximum Gasteiger partial charge on any atom is 0.337 e. The summed E-state index contributed by atoms with van der Waals surface area (Å²) in [7, 11) is 0. The first kappa shape index (κ1) is 19.0. The van der Waals surface area contributed by atoms with Crippen LogP contribution in [0, 0.1) is 0 Å². The highest BCUT2D eigenvalue weighted by atomic mass is 35.5. The fraction of sp³-hybridized carbons (Fsp3) is 0.438. The fourth-order valence-electron chi connectivity index (χ4n) is 2.50. The van der Waals surface area contributed by atoms with Crippen molar-refractivity contribution in [3.63, 3.8) is 0 Å². The third kappa shape index (κ3) is 4.41. The molecule has 0 saturated heterocycles. The number of halogens is 3. The zero-order valence-electron chi connectivity index (χ0n) is 13.4. The number of hydrogen-bond donors (Lipinski definition) is 2. The summed E-state index contributed by atoms with van der Waals surface area (Å²) in [6.45, 7) is 2.17. The van der Waals surface area contributed by atoms with Crippen molar-refractivity contribution < 1.29 is 9.78 Å². The molecule has 8 heteroatoms. The van der Waals surface area contributed by atoms with Gasteiger partial charge in [-0.15, -0.1) is 0 Å². The summed E-state index contributed by atoms with van der Waals surface area (Å²) in [5, 5.41) is 4.39. The number of hydrazone groups is 1. The zero-order valence-corrected chi connectivity index (χ0v) is 15.7. The van der Waals surface area contributed by atoms with Crippen molar-refractivity contribution in [2.24, 2.45) is 5.10 Å². The van der Waals surface area contributed by atoms with Gasteiger partial charge >= 0.3 is 5.91 Å². The Kier molecular flexibility index (Phi) is 6.90. The van der Waals surface area contributed by atoms with Crippen LogP contribution in [0.3, 0.4) is 0 Å². The Bertz CT molecular complexity index is 701. The quantitative estimate of drug-likeness (QED) is 0.428. The molecule has 0 spiro atoms. The molecule has 0 saturated carbocycles. The maximum atomic E-state index is 12.3. The molecule has 130 valence electrons. The van der Waals surface area contributed by atoms with Crippen LogP contribution in [0.15, 0.2) is 16.8 Å². The number of aromatic amines is 1. The Morgan fingerprint density at radius 1 is 1.33 bits per heavy atom. The molecule has 1 aromatic heterocycles. The highest BCUT2D eigenvalue weighted by Gasteiger charge is 2.26. The van der Waals surface area contributed by atoms with Crippen molar-refractivity contribution in [1.29, 1.82) is 0 Å². The van der Waals surface area contributed by atoms with Crippen molar-refractivity contribution in [2.45, 2.75) is 45.4 Å². The summed E-state index contributed by atoms with van der Waals surface area (Å²) in [6.07, 6.45) is 8.41. The van der Waals surface area contributed by atoms with Gasteiger partial charge in [0.05, 0.1) is 11.4 Å². The molecule has 5 nitrogen and oxygen atoms in total. The molecule has 0 fully saturated rings. The minimum absolute atomic E-state index is 0.0206. The smallest absolute Gasteiger partial charge is 0.337 e. The van der Waals surface area contributed by atoms with Crippen LogP contribution < -0.4 is 16.1 Å². The van der Waals surface area contributed by atoms with Crippen LogP contribution in [0.4, 0.5) is 5.69 Å². The van der Waals surface area contributed by atoms with Crippen LogP contribution in [-0.4, -0.2) is 11.6 Å². The highest BCUT2D eigenvalue weighted by molar-refractivity contribution is 6.45. The van der Waals surface area contributed by atoms with Gasteiger partial charge in [-0.05, 0) is 42.9 Å². The first-order valence-corrected chi connectivity index (χ1v) is 9.00. The van der Waals surface area contributed by atoms with Gasteiger partial charge < -0.3 is 5.73 Å². The number of H-pyrrole nitrogens is 1. The van der Waals surface area contributed by atoms with Crippen LogP contribution in [0.25, 0.3) is 0 Å². The van der Waals surface area contributed by atoms with E-state index in [4.69, 9.17) is 40.5 Å². The van der Waals surface area contributed by atoms with Crippen molar-refractivity contribution in [3.8, 4) is 0 Å². The number of nitrogens with one attached hydrogen (secondary N) is 2. The van der Waals surface area contributed by atoms with Crippen molar-refractivity contribution in [1.82, 2.24) is 5.43 Å². The summed E-state index contributed by atoms with van der Waals surface area (Å²) in [4.78, 5) is 14.9. The molecule has 2 rings (SSSR count). The van der Waals surface area contributed by atoms with E-state index in [1.165, 1.54) is 18.4 Å². The second-order valence-corrected chi connectivity index (χ2v) is 6.71. The number of nitrogens with two attached hydrogens (primary N) is 1. The van der Waals surface area contributed by atoms with Gasteiger partial charge in [-0.3, -0.25) is 4.79 Å². The Labute approximate surface area is 156 Å². The molecule has 4 N–H and O–H groups in total. The van der Waals surface area contributed by atoms with Crippen LogP contribution in [-0.2, 0) is 0 Å². The van der Waals surface area contributed by atoms with Gasteiger partial charge in [0.1, 0.15) is 10.0 Å². The molecule has 1 aliphatic rings. The highest BCUT2D eigenvalue weighted by Crippen LogP contribution is 2.32. The summed E-state index contributed by atoms with van der Waals surface area (Å²) in [6, 6.07) is 0. The van der Waals surface area contributed by atoms with Crippen molar-refractivity contribution in [2.75, 3.05) is 5.73 Å². The van der Waals surface area contributed by atoms with Crippen LogP contribution >= 0.6 is 34.8 Å². The van der Waals surface area contributed by atoms with E-state index in [-0.39, 0.29) is 26.6 Å². The third-order valence-corrected chi connectivity index (χ3v) is 5.00. The van der Waals surface area contributed by atoms with Gasteiger partial charge in [-0.25, -0.2) is 5.43 Å². The lowest BCUT2D eigenvalue weighted by Crippen LogP contribution is -2.29. The number of allylic oxidation sites excluding steroid dienone is 2. The second-order valence-electron chi connectivity index (χ2n) is 5.58. The lowest BCUT2D eigenvalue weighted by atomic mass is 10.1. The Morgan fingerprint density at radius 3 is 2.79 bits per heavy atom. The fourth-order valence-corrected chi connectivity index (χ4v) is 3.11. The molecule has 0 aliphatic heterocycles. The number of amides is 1. The molecule has 0 unspecified atom stereocenters. The first-order chi connectivity index (χ1) is 11.5. The van der Waals surface area contributed by atoms with Crippen molar-refractivity contribution >= 4 is 52.1 Å². The van der Waals surface area contributed by atoms with Gasteiger partial charge in [0.25, 0.3) is 10.8 Å². The Morgan fingerprint density at radius 2 is 2.08 bits per heavy atom. The van der Waals surface area contributed by atoms with E-state index in [0.717, 1.165) is 31.4 Å². The predicted octanol–water partition coefficient (Wildman–Crippen LogP) is 4.43. The summed E-state index contributed by atoms with van der Waals surface area (Å²) < 4.78 is 0. The van der Waals surface area contributed by atoms with Crippen molar-refractivity contribution in [3.05, 3.63) is 32.5 Å². The van der Waals surface area contributed by atoms with E-state index in [1.807, 2.05) is 0 Å². The molecule has 24 heavy (non-hydrogen) atoms. The van der Waals surface area contributed by atoms with Gasteiger partial charge in [0, 0.05) is 0 Å². The molecule has 0 atom stereocenters. The zero-order chi connectivity index (χ0) is 17.7. The van der Waals surface area contributed by atoms with E-state index >= 15 is 0 Å². The average molecular weight is 391 g/mol. The standard InChI is InChI=1S/C16H19Cl3N4O/c1-2-3-4-6-9-7-5-8-10(9)22-23-16(24)14-11(17)13(20)12(18)15(19)21-14/h7H,2-6,8H2,1H3,(H2,20,21)(H,23,24)/p+1/b22-10-. The molecule has 1 aromatic rings. The number of carbonyl (C=O) groups is 1. The number of aromatic nitrogens is 1. The lowest BCUT2D eigenvalue weighted by Gasteiger charge is -2.06. The molecule has 1 heterocycles. The predicted molar refractivity (Wildman–Crippen MR) is 98.8 cm³/mol. The number of carbonyl (C=O) groups excluding carboxylic acids is 1. The van der Waals surface area contributed by atoms with E-state index in [9.17, 15) is 4.79 Å². The first-order valence-electron chi connectivity index (χ1n) is 7.87.